The van der Waals surface area contributed by atoms with Gasteiger partial charge in [-0.3, -0.25) is 9.59 Å². The summed E-state index contributed by atoms with van der Waals surface area (Å²) in [5.41, 5.74) is 6.32. The second-order valence-electron chi connectivity index (χ2n) is 6.02. The minimum Gasteiger partial charge on any atom is -0.368 e. The number of carbonyl (C=O) groups excluding carboxylic acids is 2. The summed E-state index contributed by atoms with van der Waals surface area (Å²) in [6.45, 7) is 1.49. The van der Waals surface area contributed by atoms with Gasteiger partial charge in [0.25, 0.3) is 10.0 Å². The summed E-state index contributed by atoms with van der Waals surface area (Å²) >= 11 is 0. The number of nitrogens with one attached hydrogen (secondary N) is 1. The number of hydrogen-bond donors (Lipinski definition) is 2. The third-order valence-corrected chi connectivity index (χ3v) is 5.13. The Hall–Kier alpha value is -3.53. The molecule has 0 bridgehead atoms. The second-order valence-corrected chi connectivity index (χ2v) is 7.62. The van der Waals surface area contributed by atoms with Crippen molar-refractivity contribution in [2.24, 2.45) is 10.1 Å². The zero-order valence-corrected chi connectivity index (χ0v) is 15.7. The van der Waals surface area contributed by atoms with E-state index in [1.807, 2.05) is 6.92 Å². The lowest BCUT2D eigenvalue weighted by Gasteiger charge is -2.08. The molecule has 10 heteroatoms. The maximum absolute atomic E-state index is 12.6. The molecule has 3 aromatic rings. The summed E-state index contributed by atoms with van der Waals surface area (Å²) in [6, 6.07) is 8.95. The van der Waals surface area contributed by atoms with E-state index < -0.39 is 21.7 Å². The first-order valence-electron chi connectivity index (χ1n) is 8.17. The topological polar surface area (TPSA) is 140 Å². The minimum absolute atomic E-state index is 0.0134. The molecule has 9 nitrogen and oxygen atoms in total. The summed E-state index contributed by atoms with van der Waals surface area (Å²) in [5, 5.41) is 0. The standard InChI is InChI=1S/C18H17N5O4S/c1-12-2-5-14(6-3-12)28(26,27)22-16-7-4-13(10-23(16)11-15(19)24)17(25)18-20-8-9-21-18/h2-10H,11H2,1H3,(H2,19,24)(H,20,21)/b22-16-. The van der Waals surface area contributed by atoms with Gasteiger partial charge in [-0.15, -0.1) is 4.40 Å². The quantitative estimate of drug-likeness (QED) is 0.582. The maximum Gasteiger partial charge on any atom is 0.284 e. The highest BCUT2D eigenvalue weighted by molar-refractivity contribution is 7.90. The molecule has 28 heavy (non-hydrogen) atoms. The highest BCUT2D eigenvalue weighted by Gasteiger charge is 2.15. The normalized spacial score (nSPS) is 12.1. The van der Waals surface area contributed by atoms with E-state index in [0.29, 0.717) is 0 Å². The zero-order valence-electron chi connectivity index (χ0n) is 14.9. The van der Waals surface area contributed by atoms with Gasteiger partial charge in [0.1, 0.15) is 12.0 Å². The van der Waals surface area contributed by atoms with Crippen molar-refractivity contribution in [3.8, 4) is 0 Å². The number of carbonyl (C=O) groups is 2. The van der Waals surface area contributed by atoms with E-state index in [0.717, 1.165) is 5.56 Å². The fourth-order valence-corrected chi connectivity index (χ4v) is 3.46. The Labute approximate surface area is 160 Å². The van der Waals surface area contributed by atoms with Crippen molar-refractivity contribution < 1.29 is 18.0 Å². The molecule has 0 radical (unpaired) electrons. The third kappa shape index (κ3) is 4.23. The smallest absolute Gasteiger partial charge is 0.284 e. The monoisotopic (exact) mass is 399 g/mol. The summed E-state index contributed by atoms with van der Waals surface area (Å²) < 4.78 is 30.2. The number of pyridine rings is 1. The van der Waals surface area contributed by atoms with Crippen molar-refractivity contribution in [3.63, 3.8) is 0 Å². The van der Waals surface area contributed by atoms with E-state index in [4.69, 9.17) is 5.73 Å². The maximum atomic E-state index is 12.6. The van der Waals surface area contributed by atoms with Crippen LogP contribution in [-0.4, -0.2) is 34.6 Å². The van der Waals surface area contributed by atoms with Crippen molar-refractivity contribution in [1.29, 1.82) is 0 Å². The molecule has 2 aromatic heterocycles. The van der Waals surface area contributed by atoms with Crippen molar-refractivity contribution in [1.82, 2.24) is 14.5 Å². The van der Waals surface area contributed by atoms with Crippen LogP contribution < -0.4 is 11.2 Å². The fraction of sp³-hybridized carbons (Fsp3) is 0.111. The number of aromatic amines is 1. The van der Waals surface area contributed by atoms with Crippen LogP contribution in [0, 0.1) is 6.92 Å². The lowest BCUT2D eigenvalue weighted by atomic mass is 10.2. The number of sulfonamides is 1. The Morgan fingerprint density at radius 2 is 1.89 bits per heavy atom. The van der Waals surface area contributed by atoms with Gasteiger partial charge in [0.2, 0.25) is 11.7 Å². The highest BCUT2D eigenvalue weighted by Crippen LogP contribution is 2.12. The van der Waals surface area contributed by atoms with E-state index in [1.54, 1.807) is 12.1 Å². The van der Waals surface area contributed by atoms with E-state index in [9.17, 15) is 18.0 Å². The van der Waals surface area contributed by atoms with E-state index >= 15 is 0 Å². The number of hydrogen-bond acceptors (Lipinski definition) is 5. The number of imidazole rings is 1. The van der Waals surface area contributed by atoms with Gasteiger partial charge in [0.05, 0.1) is 4.90 Å². The van der Waals surface area contributed by atoms with Gasteiger partial charge in [-0.25, -0.2) is 4.98 Å². The first-order chi connectivity index (χ1) is 13.3. The Bertz CT molecular complexity index is 1190. The van der Waals surface area contributed by atoms with Gasteiger partial charge < -0.3 is 15.3 Å². The van der Waals surface area contributed by atoms with Crippen LogP contribution in [0.3, 0.4) is 0 Å². The molecule has 0 saturated heterocycles. The van der Waals surface area contributed by atoms with Crippen LogP contribution in [-0.2, 0) is 21.4 Å². The molecule has 0 fully saturated rings. The highest BCUT2D eigenvalue weighted by atomic mass is 32.2. The van der Waals surface area contributed by atoms with Gasteiger partial charge in [-0.05, 0) is 31.2 Å². The Morgan fingerprint density at radius 3 is 2.50 bits per heavy atom. The molecule has 2 heterocycles. The van der Waals surface area contributed by atoms with Crippen molar-refractivity contribution in [2.45, 2.75) is 18.4 Å². The van der Waals surface area contributed by atoms with Gasteiger partial charge in [-0.1, -0.05) is 17.7 Å². The van der Waals surface area contributed by atoms with Crippen molar-refractivity contribution >= 4 is 21.7 Å². The molecule has 0 aliphatic carbocycles. The molecule has 1 amide bonds. The summed E-state index contributed by atoms with van der Waals surface area (Å²) in [6.07, 6.45) is 4.25. The molecule has 3 N–H and O–H groups in total. The van der Waals surface area contributed by atoms with Crippen LogP contribution >= 0.6 is 0 Å². The number of nitrogens with zero attached hydrogens (tertiary/aromatic N) is 3. The number of nitrogens with two attached hydrogens (primary N) is 1. The molecular formula is C18H17N5O4S. The number of H-pyrrole nitrogens is 1. The summed E-state index contributed by atoms with van der Waals surface area (Å²) in [7, 11) is -4.02. The van der Waals surface area contributed by atoms with E-state index in [2.05, 4.69) is 14.4 Å². The molecular weight excluding hydrogens is 382 g/mol. The number of rotatable bonds is 6. The first kappa shape index (κ1) is 19.2. The average Bonchev–Trinajstić information content (AvgIpc) is 3.17. The fourth-order valence-electron chi connectivity index (χ4n) is 2.46. The zero-order chi connectivity index (χ0) is 20.3. The second kappa shape index (κ2) is 7.61. The van der Waals surface area contributed by atoms with Crippen LogP contribution in [0.4, 0.5) is 0 Å². The predicted octanol–water partition coefficient (Wildman–Crippen LogP) is 0.526. The Balaban J connectivity index is 2.09. The molecule has 0 atom stereocenters. The molecule has 0 saturated carbocycles. The van der Waals surface area contributed by atoms with Crippen LogP contribution in [0.1, 0.15) is 21.7 Å². The van der Waals surface area contributed by atoms with Crippen molar-refractivity contribution in [3.05, 3.63) is 77.4 Å². The van der Waals surface area contributed by atoms with Crippen LogP contribution in [0.2, 0.25) is 0 Å². The molecule has 1 aromatic carbocycles. The molecule has 0 spiro atoms. The number of ketones is 1. The molecule has 0 unspecified atom stereocenters. The van der Waals surface area contributed by atoms with Gasteiger partial charge in [-0.2, -0.15) is 8.42 Å². The third-order valence-electron chi connectivity index (χ3n) is 3.84. The van der Waals surface area contributed by atoms with Crippen LogP contribution in [0.5, 0.6) is 0 Å². The van der Waals surface area contributed by atoms with Crippen molar-refractivity contribution in [2.75, 3.05) is 0 Å². The van der Waals surface area contributed by atoms with Gasteiger partial charge in [0.15, 0.2) is 5.82 Å². The summed E-state index contributed by atoms with van der Waals surface area (Å²) in [5.74, 6) is -1.02. The largest absolute Gasteiger partial charge is 0.368 e. The number of aryl methyl sites for hydroxylation is 1. The van der Waals surface area contributed by atoms with E-state index in [1.165, 1.54) is 47.4 Å². The molecule has 0 aliphatic heterocycles. The number of benzene rings is 1. The van der Waals surface area contributed by atoms with Crippen LogP contribution in [0.15, 0.2) is 64.3 Å². The van der Waals surface area contributed by atoms with E-state index in [-0.39, 0.29) is 28.3 Å². The Kier molecular flexibility index (Phi) is 5.23. The van der Waals surface area contributed by atoms with Gasteiger partial charge in [0, 0.05) is 24.2 Å². The van der Waals surface area contributed by atoms with Crippen LogP contribution in [0.25, 0.3) is 0 Å². The average molecular weight is 399 g/mol. The SMILES string of the molecule is Cc1ccc(S(=O)(=O)/N=c2/ccc(C(=O)c3ncc[nH]3)cn2CC(N)=O)cc1. The Morgan fingerprint density at radius 1 is 1.18 bits per heavy atom. The molecule has 0 aliphatic rings. The molecule has 144 valence electrons. The molecule has 3 rings (SSSR count). The predicted molar refractivity (Wildman–Crippen MR) is 99.6 cm³/mol. The number of primary amides is 1. The minimum atomic E-state index is -4.02. The lowest BCUT2D eigenvalue weighted by molar-refractivity contribution is -0.118. The lowest BCUT2D eigenvalue weighted by Crippen LogP contribution is -2.29. The number of amides is 1. The first-order valence-corrected chi connectivity index (χ1v) is 9.61. The number of aromatic nitrogens is 3. The summed E-state index contributed by atoms with van der Waals surface area (Å²) in [4.78, 5) is 30.4. The van der Waals surface area contributed by atoms with Gasteiger partial charge >= 0.3 is 0 Å².